The van der Waals surface area contributed by atoms with Gasteiger partial charge >= 0.3 is 5.69 Å². The first-order chi connectivity index (χ1) is 16.1. The number of aldehydes is 2. The maximum Gasteiger partial charge on any atom is 0.314 e. The molecule has 2 aromatic carbocycles. The van der Waals surface area contributed by atoms with Crippen LogP contribution in [0, 0.1) is 22.9 Å². The van der Waals surface area contributed by atoms with E-state index in [1.807, 2.05) is 19.0 Å². The van der Waals surface area contributed by atoms with Crippen molar-refractivity contribution in [2.75, 3.05) is 28.2 Å². The van der Waals surface area contributed by atoms with Crippen LogP contribution in [0.2, 0.25) is 0 Å². The number of carbonyl (C=O) groups excluding carboxylic acids is 2. The lowest BCUT2D eigenvalue weighted by Crippen LogP contribution is -2.31. The second kappa shape index (κ2) is 12.2. The number of aryl methyl sites for hydroxylation is 1. The molecule has 9 heteroatoms. The number of halogens is 1. The van der Waals surface area contributed by atoms with Gasteiger partial charge in [-0.2, -0.15) is 4.39 Å². The summed E-state index contributed by atoms with van der Waals surface area (Å²) in [5, 5.41) is 11.3. The SMILES string of the molecule is CN(C)C(C=O)Cc1c[nH]c2ccc(F)c([N+](=O)[O-])c12.Cc1ccc(CC(C=O)N(C)C)cc1. The molecular formula is C25H31FN4O4. The molecule has 2 unspecified atom stereocenters. The first-order valence-electron chi connectivity index (χ1n) is 10.8. The molecule has 1 heterocycles. The maximum absolute atomic E-state index is 13.7. The van der Waals surface area contributed by atoms with E-state index >= 15 is 0 Å². The normalized spacial score (nSPS) is 12.8. The van der Waals surface area contributed by atoms with E-state index in [1.165, 1.54) is 17.2 Å². The van der Waals surface area contributed by atoms with Gasteiger partial charge in [-0.1, -0.05) is 29.8 Å². The second-order valence-corrected chi connectivity index (χ2v) is 8.62. The number of nitrogens with one attached hydrogen (secondary N) is 1. The summed E-state index contributed by atoms with van der Waals surface area (Å²) in [6.07, 6.45) is 4.42. The van der Waals surface area contributed by atoms with E-state index in [0.29, 0.717) is 11.1 Å². The van der Waals surface area contributed by atoms with Crippen molar-refractivity contribution in [2.45, 2.75) is 31.8 Å². The van der Waals surface area contributed by atoms with Crippen molar-refractivity contribution in [1.82, 2.24) is 14.8 Å². The minimum Gasteiger partial charge on any atom is -0.361 e. The van der Waals surface area contributed by atoms with Gasteiger partial charge < -0.3 is 14.6 Å². The van der Waals surface area contributed by atoms with Crippen LogP contribution in [-0.2, 0) is 22.4 Å². The number of nitrogens with zero attached hydrogens (tertiary/aromatic N) is 3. The third-order valence-electron chi connectivity index (χ3n) is 5.67. The fraction of sp³-hybridized carbons (Fsp3) is 0.360. The lowest BCUT2D eigenvalue weighted by molar-refractivity contribution is -0.385. The molecular weight excluding hydrogens is 439 g/mol. The van der Waals surface area contributed by atoms with Crippen LogP contribution < -0.4 is 0 Å². The molecule has 0 spiro atoms. The Labute approximate surface area is 198 Å². The third kappa shape index (κ3) is 6.79. The van der Waals surface area contributed by atoms with E-state index in [4.69, 9.17) is 0 Å². The van der Waals surface area contributed by atoms with Gasteiger partial charge in [-0.3, -0.25) is 19.9 Å². The van der Waals surface area contributed by atoms with Gasteiger partial charge in [-0.15, -0.1) is 0 Å². The van der Waals surface area contributed by atoms with Crippen molar-refractivity contribution < 1.29 is 18.9 Å². The van der Waals surface area contributed by atoms with Gasteiger partial charge in [0.1, 0.15) is 12.6 Å². The van der Waals surface area contributed by atoms with Crippen molar-refractivity contribution in [3.8, 4) is 0 Å². The summed E-state index contributed by atoms with van der Waals surface area (Å²) in [5.41, 5.74) is 2.94. The summed E-state index contributed by atoms with van der Waals surface area (Å²) in [4.78, 5) is 38.6. The van der Waals surface area contributed by atoms with Crippen LogP contribution in [0.3, 0.4) is 0 Å². The number of nitro groups is 1. The van der Waals surface area contributed by atoms with Crippen LogP contribution in [0.1, 0.15) is 16.7 Å². The number of H-pyrrole nitrogens is 1. The first kappa shape index (κ1) is 26.8. The number of nitro benzene ring substituents is 1. The minimum atomic E-state index is -0.879. The van der Waals surface area contributed by atoms with Gasteiger partial charge in [0.25, 0.3) is 0 Å². The number of aromatic amines is 1. The van der Waals surface area contributed by atoms with Crippen LogP contribution in [0.4, 0.5) is 10.1 Å². The summed E-state index contributed by atoms with van der Waals surface area (Å²) in [6.45, 7) is 2.06. The van der Waals surface area contributed by atoms with Crippen LogP contribution >= 0.6 is 0 Å². The van der Waals surface area contributed by atoms with E-state index in [1.54, 1.807) is 25.2 Å². The number of benzene rings is 2. The Morgan fingerprint density at radius 1 is 0.971 bits per heavy atom. The molecule has 8 nitrogen and oxygen atoms in total. The minimum absolute atomic E-state index is 0.0160. The predicted octanol–water partition coefficient (Wildman–Crippen LogP) is 3.55. The number of hydrogen-bond donors (Lipinski definition) is 1. The summed E-state index contributed by atoms with van der Waals surface area (Å²) < 4.78 is 13.7. The molecule has 3 rings (SSSR count). The first-order valence-corrected chi connectivity index (χ1v) is 10.8. The summed E-state index contributed by atoms with van der Waals surface area (Å²) in [6, 6.07) is 10.4. The van der Waals surface area contributed by atoms with Crippen molar-refractivity contribution in [3.63, 3.8) is 0 Å². The summed E-state index contributed by atoms with van der Waals surface area (Å²) >= 11 is 0. The second-order valence-electron chi connectivity index (χ2n) is 8.62. The zero-order valence-electron chi connectivity index (χ0n) is 20.1. The third-order valence-corrected chi connectivity index (χ3v) is 5.67. The van der Waals surface area contributed by atoms with Crippen LogP contribution in [-0.4, -0.2) is 72.6 Å². The van der Waals surface area contributed by atoms with Crippen molar-refractivity contribution in [1.29, 1.82) is 0 Å². The fourth-order valence-corrected chi connectivity index (χ4v) is 3.48. The smallest absolute Gasteiger partial charge is 0.314 e. The molecule has 0 fully saturated rings. The van der Waals surface area contributed by atoms with E-state index in [9.17, 15) is 24.1 Å². The van der Waals surface area contributed by atoms with Gasteiger partial charge in [0.05, 0.1) is 27.9 Å². The fourth-order valence-electron chi connectivity index (χ4n) is 3.48. The summed E-state index contributed by atoms with van der Waals surface area (Å²) in [7, 11) is 7.33. The van der Waals surface area contributed by atoms with E-state index < -0.39 is 22.5 Å². The number of likely N-dealkylation sites (N-methyl/N-ethyl adjacent to an activating group) is 2. The summed E-state index contributed by atoms with van der Waals surface area (Å²) in [5.74, 6) is -0.879. The molecule has 182 valence electrons. The number of aromatic nitrogens is 1. The molecule has 3 aromatic rings. The number of hydrogen-bond acceptors (Lipinski definition) is 6. The lowest BCUT2D eigenvalue weighted by atomic mass is 10.0. The van der Waals surface area contributed by atoms with Gasteiger partial charge in [0.15, 0.2) is 0 Å². The topological polar surface area (TPSA) is 99.5 Å². The molecule has 0 saturated heterocycles. The molecule has 0 radical (unpaired) electrons. The number of rotatable bonds is 9. The highest BCUT2D eigenvalue weighted by atomic mass is 19.1. The van der Waals surface area contributed by atoms with Gasteiger partial charge in [0.2, 0.25) is 5.82 Å². The lowest BCUT2D eigenvalue weighted by Gasteiger charge is -2.18. The Morgan fingerprint density at radius 2 is 1.53 bits per heavy atom. The molecule has 1 N–H and O–H groups in total. The molecule has 0 saturated carbocycles. The van der Waals surface area contributed by atoms with Crippen LogP contribution in [0.5, 0.6) is 0 Å². The Kier molecular flexibility index (Phi) is 9.58. The van der Waals surface area contributed by atoms with Crippen molar-refractivity contribution >= 4 is 29.2 Å². The van der Waals surface area contributed by atoms with Gasteiger partial charge in [-0.25, -0.2) is 0 Å². The number of fused-ring (bicyclic) bond motifs is 1. The van der Waals surface area contributed by atoms with Crippen LogP contribution in [0.25, 0.3) is 10.9 Å². The maximum atomic E-state index is 13.7. The Hall–Kier alpha value is -3.43. The Bertz CT molecular complexity index is 1130. The van der Waals surface area contributed by atoms with Gasteiger partial charge in [-0.05, 0) is 71.2 Å². The molecule has 1 aromatic heterocycles. The highest BCUT2D eigenvalue weighted by Crippen LogP contribution is 2.32. The van der Waals surface area contributed by atoms with Crippen LogP contribution in [0.15, 0.2) is 42.6 Å². The average molecular weight is 471 g/mol. The standard InChI is InChI=1S/C13H14FN3O3.C12H17NO/c1-16(2)9(7-18)5-8-6-15-11-4-3-10(14)13(12(8)11)17(19)20;1-10-4-6-11(7-5-10)8-12(9-14)13(2)3/h3-4,6-7,9,15H,5H2,1-2H3;4-7,9,12H,8H2,1-3H3. The number of carbonyl (C=O) groups is 2. The predicted molar refractivity (Wildman–Crippen MR) is 131 cm³/mol. The molecule has 0 aliphatic heterocycles. The Balaban J connectivity index is 0.000000257. The van der Waals surface area contributed by atoms with Gasteiger partial charge in [0, 0.05) is 6.20 Å². The highest BCUT2D eigenvalue weighted by Gasteiger charge is 2.24. The van der Waals surface area contributed by atoms with Crippen molar-refractivity contribution in [2.24, 2.45) is 0 Å². The average Bonchev–Trinajstić information content (AvgIpc) is 3.19. The zero-order valence-corrected chi connectivity index (χ0v) is 20.1. The Morgan fingerprint density at radius 3 is 2.03 bits per heavy atom. The molecule has 34 heavy (non-hydrogen) atoms. The monoisotopic (exact) mass is 470 g/mol. The van der Waals surface area contributed by atoms with Crippen molar-refractivity contribution in [3.05, 3.63) is 75.2 Å². The van der Waals surface area contributed by atoms with E-state index in [0.717, 1.165) is 25.1 Å². The quantitative estimate of drug-likeness (QED) is 0.292. The van der Waals surface area contributed by atoms with E-state index in [-0.39, 0.29) is 17.8 Å². The molecule has 0 aliphatic rings. The molecule has 2 atom stereocenters. The highest BCUT2D eigenvalue weighted by molar-refractivity contribution is 5.92. The molecule has 0 bridgehead atoms. The zero-order chi connectivity index (χ0) is 25.4. The van der Waals surface area contributed by atoms with E-state index in [2.05, 4.69) is 36.2 Å². The molecule has 0 aliphatic carbocycles. The largest absolute Gasteiger partial charge is 0.361 e. The molecule has 0 amide bonds.